The van der Waals surface area contributed by atoms with Gasteiger partial charge < -0.3 is 24.1 Å². The molecule has 0 bridgehead atoms. The zero-order chi connectivity index (χ0) is 21.1. The number of methoxy groups -OCH3 is 4. The molecule has 0 spiro atoms. The number of ether oxygens (including phenoxy) is 4. The lowest BCUT2D eigenvalue weighted by atomic mass is 9.94. The molecular formula is C23H26O6. The van der Waals surface area contributed by atoms with Gasteiger partial charge in [0.2, 0.25) is 5.75 Å². The molecule has 1 aliphatic rings. The molecule has 0 heterocycles. The van der Waals surface area contributed by atoms with Crippen molar-refractivity contribution in [2.75, 3.05) is 28.4 Å². The maximum absolute atomic E-state index is 12.8. The van der Waals surface area contributed by atoms with Crippen LogP contribution in [0.1, 0.15) is 42.6 Å². The molecule has 0 saturated heterocycles. The van der Waals surface area contributed by atoms with Gasteiger partial charge >= 0.3 is 0 Å². The van der Waals surface area contributed by atoms with Crippen LogP contribution in [0.3, 0.4) is 0 Å². The number of aliphatic hydroxyl groups is 1. The summed E-state index contributed by atoms with van der Waals surface area (Å²) in [5.41, 5.74) is 3.84. The van der Waals surface area contributed by atoms with Crippen LogP contribution in [0.2, 0.25) is 0 Å². The summed E-state index contributed by atoms with van der Waals surface area (Å²) in [7, 11) is 6.21. The van der Waals surface area contributed by atoms with Gasteiger partial charge in [-0.2, -0.15) is 0 Å². The minimum atomic E-state index is -0.688. The number of carbonyl (C=O) groups excluding carboxylic acids is 1. The van der Waals surface area contributed by atoms with E-state index in [-0.39, 0.29) is 5.78 Å². The number of allylic oxidation sites excluding steroid dienone is 2. The van der Waals surface area contributed by atoms with Crippen molar-refractivity contribution in [2.24, 2.45) is 0 Å². The highest BCUT2D eigenvalue weighted by molar-refractivity contribution is 6.31. The number of hydrogen-bond acceptors (Lipinski definition) is 6. The molecule has 0 saturated carbocycles. The van der Waals surface area contributed by atoms with E-state index in [1.54, 1.807) is 47.5 Å². The lowest BCUT2D eigenvalue weighted by molar-refractivity contribution is -0.113. The van der Waals surface area contributed by atoms with Gasteiger partial charge in [0, 0.05) is 17.6 Å². The van der Waals surface area contributed by atoms with Crippen LogP contribution in [0, 0.1) is 0 Å². The zero-order valence-corrected chi connectivity index (χ0v) is 17.4. The Morgan fingerprint density at radius 3 is 1.97 bits per heavy atom. The second kappa shape index (κ2) is 8.57. The first-order valence-electron chi connectivity index (χ1n) is 9.38. The fourth-order valence-corrected chi connectivity index (χ4v) is 3.75. The van der Waals surface area contributed by atoms with Crippen LogP contribution in [0.25, 0.3) is 11.1 Å². The molecule has 6 heteroatoms. The van der Waals surface area contributed by atoms with Crippen molar-refractivity contribution in [1.29, 1.82) is 0 Å². The Morgan fingerprint density at radius 1 is 0.828 bits per heavy atom. The minimum absolute atomic E-state index is 0.0590. The van der Waals surface area contributed by atoms with Gasteiger partial charge in [0.15, 0.2) is 17.3 Å². The molecule has 154 valence electrons. The van der Waals surface area contributed by atoms with E-state index in [0.29, 0.717) is 52.5 Å². The first-order chi connectivity index (χ1) is 13.9. The van der Waals surface area contributed by atoms with Gasteiger partial charge in [-0.05, 0) is 54.3 Å². The lowest BCUT2D eigenvalue weighted by Crippen LogP contribution is -2.01. The molecule has 0 radical (unpaired) electrons. The monoisotopic (exact) mass is 398 g/mol. The fourth-order valence-electron chi connectivity index (χ4n) is 3.75. The Kier molecular flexibility index (Phi) is 6.13. The van der Waals surface area contributed by atoms with Gasteiger partial charge in [-0.25, -0.2) is 0 Å². The van der Waals surface area contributed by atoms with Crippen LogP contribution >= 0.6 is 0 Å². The normalized spacial score (nSPS) is 14.8. The van der Waals surface area contributed by atoms with Gasteiger partial charge in [0.05, 0.1) is 34.5 Å². The second-order valence-electron chi connectivity index (χ2n) is 6.82. The average molecular weight is 398 g/mol. The van der Waals surface area contributed by atoms with E-state index in [1.165, 1.54) is 0 Å². The Morgan fingerprint density at radius 2 is 1.45 bits per heavy atom. The molecule has 2 aromatic carbocycles. The largest absolute Gasteiger partial charge is 0.496 e. The molecular weight excluding hydrogens is 372 g/mol. The van der Waals surface area contributed by atoms with Crippen molar-refractivity contribution >= 4 is 16.9 Å². The summed E-state index contributed by atoms with van der Waals surface area (Å²) in [5, 5.41) is 10.1. The first-order valence-corrected chi connectivity index (χ1v) is 9.38. The van der Waals surface area contributed by atoms with Gasteiger partial charge in [-0.3, -0.25) is 4.79 Å². The highest BCUT2D eigenvalue weighted by atomic mass is 16.5. The summed E-state index contributed by atoms with van der Waals surface area (Å²) in [6, 6.07) is 9.20. The predicted molar refractivity (Wildman–Crippen MR) is 111 cm³/mol. The molecule has 0 fully saturated rings. The molecule has 1 atom stereocenters. The molecule has 2 aromatic rings. The standard InChI is InChI=1S/C23H26O6/c1-13(24)17-10-14(6-9-19(17)26-2)16-7-8-18(25)22(16)15-11-20(27-3)23(29-5)21(12-15)28-4/h6,9-13,24H,7-8H2,1-5H3. The molecule has 1 N–H and O–H groups in total. The second-order valence-corrected chi connectivity index (χ2v) is 6.82. The minimum Gasteiger partial charge on any atom is -0.496 e. The van der Waals surface area contributed by atoms with E-state index in [9.17, 15) is 9.90 Å². The van der Waals surface area contributed by atoms with Crippen LogP contribution in [-0.4, -0.2) is 39.3 Å². The van der Waals surface area contributed by atoms with E-state index in [0.717, 1.165) is 11.1 Å². The topological polar surface area (TPSA) is 74.2 Å². The number of carbonyl (C=O) groups is 1. The molecule has 1 unspecified atom stereocenters. The third kappa shape index (κ3) is 3.80. The SMILES string of the molecule is COc1ccc(C2=C(c3cc(OC)c(OC)c(OC)c3)C(=O)CC2)cc1C(C)O. The molecule has 6 nitrogen and oxygen atoms in total. The number of ketones is 1. The Hall–Kier alpha value is -2.99. The van der Waals surface area contributed by atoms with Crippen LogP contribution in [0.4, 0.5) is 0 Å². The van der Waals surface area contributed by atoms with Crippen molar-refractivity contribution in [3.63, 3.8) is 0 Å². The van der Waals surface area contributed by atoms with Crippen molar-refractivity contribution < 1.29 is 28.8 Å². The number of Topliss-reactive ketones (excluding diaryl/α,β-unsaturated/α-hetero) is 1. The number of rotatable bonds is 7. The third-order valence-electron chi connectivity index (χ3n) is 5.16. The van der Waals surface area contributed by atoms with Crippen molar-refractivity contribution in [3.05, 3.63) is 47.0 Å². The molecule has 3 rings (SSSR count). The van der Waals surface area contributed by atoms with Crippen molar-refractivity contribution in [1.82, 2.24) is 0 Å². The highest BCUT2D eigenvalue weighted by Crippen LogP contribution is 2.45. The van der Waals surface area contributed by atoms with Crippen molar-refractivity contribution in [3.8, 4) is 23.0 Å². The number of hydrogen-bond donors (Lipinski definition) is 1. The van der Waals surface area contributed by atoms with Crippen LogP contribution in [0.5, 0.6) is 23.0 Å². The number of benzene rings is 2. The van der Waals surface area contributed by atoms with E-state index in [1.807, 2.05) is 18.2 Å². The quantitative estimate of drug-likeness (QED) is 0.759. The van der Waals surface area contributed by atoms with Gasteiger partial charge in [-0.1, -0.05) is 6.07 Å². The third-order valence-corrected chi connectivity index (χ3v) is 5.16. The molecule has 0 aliphatic heterocycles. The maximum Gasteiger partial charge on any atom is 0.203 e. The summed E-state index contributed by atoms with van der Waals surface area (Å²) >= 11 is 0. The smallest absolute Gasteiger partial charge is 0.203 e. The van der Waals surface area contributed by atoms with Crippen LogP contribution in [0.15, 0.2) is 30.3 Å². The number of aliphatic hydroxyl groups excluding tert-OH is 1. The summed E-state index contributed by atoms with van der Waals surface area (Å²) in [5.74, 6) is 2.14. The molecule has 0 aromatic heterocycles. The Bertz CT molecular complexity index is 933. The zero-order valence-electron chi connectivity index (χ0n) is 17.4. The van der Waals surface area contributed by atoms with Gasteiger partial charge in [-0.15, -0.1) is 0 Å². The highest BCUT2D eigenvalue weighted by Gasteiger charge is 2.28. The van der Waals surface area contributed by atoms with E-state index < -0.39 is 6.10 Å². The fraction of sp³-hybridized carbons (Fsp3) is 0.348. The maximum atomic E-state index is 12.8. The van der Waals surface area contributed by atoms with Crippen LogP contribution in [-0.2, 0) is 4.79 Å². The first kappa shape index (κ1) is 20.7. The molecule has 1 aliphatic carbocycles. The summed E-state index contributed by atoms with van der Waals surface area (Å²) in [4.78, 5) is 12.8. The van der Waals surface area contributed by atoms with E-state index >= 15 is 0 Å². The van der Waals surface area contributed by atoms with Gasteiger partial charge in [0.1, 0.15) is 5.75 Å². The molecule has 29 heavy (non-hydrogen) atoms. The lowest BCUT2D eigenvalue weighted by Gasteiger charge is -2.16. The Balaban J connectivity index is 2.21. The summed E-state index contributed by atoms with van der Waals surface area (Å²) < 4.78 is 21.6. The summed E-state index contributed by atoms with van der Waals surface area (Å²) in [6.07, 6.45) is 0.362. The average Bonchev–Trinajstić information content (AvgIpc) is 3.13. The summed E-state index contributed by atoms with van der Waals surface area (Å²) in [6.45, 7) is 1.69. The molecule has 0 amide bonds. The van der Waals surface area contributed by atoms with Gasteiger partial charge in [0.25, 0.3) is 0 Å². The van der Waals surface area contributed by atoms with Crippen LogP contribution < -0.4 is 18.9 Å². The van der Waals surface area contributed by atoms with Crippen molar-refractivity contribution in [2.45, 2.75) is 25.9 Å². The van der Waals surface area contributed by atoms with E-state index in [4.69, 9.17) is 18.9 Å². The van der Waals surface area contributed by atoms with E-state index in [2.05, 4.69) is 0 Å². The predicted octanol–water partition coefficient (Wildman–Crippen LogP) is 4.05. The Labute approximate surface area is 170 Å².